The summed E-state index contributed by atoms with van der Waals surface area (Å²) >= 11 is 3.33. The number of carbonyl (C=O) groups is 2. The first-order chi connectivity index (χ1) is 9.13. The van der Waals surface area contributed by atoms with Crippen molar-refractivity contribution in [3.8, 4) is 0 Å². The van der Waals surface area contributed by atoms with E-state index in [0.717, 1.165) is 10.9 Å². The van der Waals surface area contributed by atoms with Crippen molar-refractivity contribution in [2.45, 2.75) is 32.2 Å². The number of halogens is 1. The highest BCUT2D eigenvalue weighted by atomic mass is 79.9. The molecular formula is C13H16BrN3O2. The van der Waals surface area contributed by atoms with Crippen molar-refractivity contribution in [3.63, 3.8) is 0 Å². The molecule has 6 heteroatoms. The molecule has 19 heavy (non-hydrogen) atoms. The highest BCUT2D eigenvalue weighted by molar-refractivity contribution is 9.10. The van der Waals surface area contributed by atoms with E-state index >= 15 is 0 Å². The Kier molecular flexibility index (Phi) is 4.52. The molecule has 1 fully saturated rings. The second kappa shape index (κ2) is 6.14. The van der Waals surface area contributed by atoms with E-state index in [9.17, 15) is 9.59 Å². The number of hydrogen-bond acceptors (Lipinski definition) is 3. The molecule has 2 rings (SSSR count). The smallest absolute Gasteiger partial charge is 0.248 e. The fourth-order valence-electron chi connectivity index (χ4n) is 2.22. The summed E-state index contributed by atoms with van der Waals surface area (Å²) in [5, 5.41) is 2.77. The van der Waals surface area contributed by atoms with Crippen LogP contribution in [-0.2, 0) is 9.59 Å². The maximum absolute atomic E-state index is 12.3. The Labute approximate surface area is 120 Å². The first-order valence-corrected chi connectivity index (χ1v) is 7.13. The molecular weight excluding hydrogens is 310 g/mol. The lowest BCUT2D eigenvalue weighted by Crippen LogP contribution is -2.44. The summed E-state index contributed by atoms with van der Waals surface area (Å²) in [6.45, 7) is 2.57. The van der Waals surface area contributed by atoms with Gasteiger partial charge in [0.1, 0.15) is 11.9 Å². The van der Waals surface area contributed by atoms with Crippen LogP contribution in [0.15, 0.2) is 22.8 Å². The predicted molar refractivity (Wildman–Crippen MR) is 75.6 cm³/mol. The molecule has 1 aliphatic rings. The maximum Gasteiger partial charge on any atom is 0.248 e. The lowest BCUT2D eigenvalue weighted by Gasteiger charge is -2.25. The molecule has 0 aromatic carbocycles. The number of amides is 2. The first-order valence-electron chi connectivity index (χ1n) is 6.34. The van der Waals surface area contributed by atoms with E-state index in [2.05, 4.69) is 26.2 Å². The van der Waals surface area contributed by atoms with Gasteiger partial charge >= 0.3 is 0 Å². The Morgan fingerprint density at radius 3 is 3.00 bits per heavy atom. The number of nitrogens with zero attached hydrogens (tertiary/aromatic N) is 2. The molecule has 1 aromatic heterocycles. The minimum absolute atomic E-state index is 0.0575. The predicted octanol–water partition coefficient (Wildman–Crippen LogP) is 2.18. The lowest BCUT2D eigenvalue weighted by atomic mass is 10.2. The van der Waals surface area contributed by atoms with Crippen molar-refractivity contribution in [1.29, 1.82) is 0 Å². The molecule has 0 spiro atoms. The molecule has 2 heterocycles. The maximum atomic E-state index is 12.3. The largest absolute Gasteiger partial charge is 0.331 e. The van der Waals surface area contributed by atoms with Crippen LogP contribution in [0.2, 0.25) is 0 Å². The zero-order chi connectivity index (χ0) is 13.8. The van der Waals surface area contributed by atoms with Gasteiger partial charge in [0.2, 0.25) is 11.8 Å². The van der Waals surface area contributed by atoms with Gasteiger partial charge in [-0.1, -0.05) is 6.92 Å². The van der Waals surface area contributed by atoms with Gasteiger partial charge in [0.05, 0.1) is 4.47 Å². The van der Waals surface area contributed by atoms with Crippen LogP contribution >= 0.6 is 15.9 Å². The minimum Gasteiger partial charge on any atom is -0.331 e. The number of carbonyl (C=O) groups excluding carboxylic acids is 2. The van der Waals surface area contributed by atoms with E-state index in [1.165, 1.54) is 0 Å². The Bertz CT molecular complexity index is 493. The van der Waals surface area contributed by atoms with Crippen LogP contribution in [0.4, 0.5) is 5.82 Å². The summed E-state index contributed by atoms with van der Waals surface area (Å²) in [7, 11) is 0. The summed E-state index contributed by atoms with van der Waals surface area (Å²) < 4.78 is 0.728. The Morgan fingerprint density at radius 2 is 2.42 bits per heavy atom. The third-order valence-electron chi connectivity index (χ3n) is 3.18. The van der Waals surface area contributed by atoms with Crippen LogP contribution in [-0.4, -0.2) is 34.3 Å². The molecule has 102 valence electrons. The van der Waals surface area contributed by atoms with Gasteiger partial charge in [-0.15, -0.1) is 0 Å². The lowest BCUT2D eigenvalue weighted by molar-refractivity contribution is -0.135. The van der Waals surface area contributed by atoms with Gasteiger partial charge < -0.3 is 10.2 Å². The molecule has 0 aliphatic carbocycles. The van der Waals surface area contributed by atoms with Gasteiger partial charge in [-0.05, 0) is 40.9 Å². The van der Waals surface area contributed by atoms with Gasteiger partial charge in [0.15, 0.2) is 0 Å². The van der Waals surface area contributed by atoms with Crippen LogP contribution < -0.4 is 5.32 Å². The van der Waals surface area contributed by atoms with Gasteiger partial charge in [-0.25, -0.2) is 4.98 Å². The van der Waals surface area contributed by atoms with Gasteiger partial charge in [-0.3, -0.25) is 9.59 Å². The average molecular weight is 326 g/mol. The van der Waals surface area contributed by atoms with Gasteiger partial charge in [0, 0.05) is 19.2 Å². The summed E-state index contributed by atoms with van der Waals surface area (Å²) in [5.41, 5.74) is 0. The molecule has 0 radical (unpaired) electrons. The van der Waals surface area contributed by atoms with Crippen molar-refractivity contribution >= 4 is 33.6 Å². The van der Waals surface area contributed by atoms with Crippen molar-refractivity contribution in [1.82, 2.24) is 9.88 Å². The second-order valence-corrected chi connectivity index (χ2v) is 5.29. The minimum atomic E-state index is -0.413. The zero-order valence-corrected chi connectivity index (χ0v) is 12.3. The van der Waals surface area contributed by atoms with Crippen LogP contribution in [0.25, 0.3) is 0 Å². The molecule has 1 aliphatic heterocycles. The number of nitrogens with one attached hydrogen (secondary N) is 1. The molecule has 1 N–H and O–H groups in total. The van der Waals surface area contributed by atoms with Gasteiger partial charge in [0.25, 0.3) is 0 Å². The summed E-state index contributed by atoms with van der Waals surface area (Å²) in [6, 6.07) is 3.18. The third kappa shape index (κ3) is 3.12. The van der Waals surface area contributed by atoms with Crippen molar-refractivity contribution in [3.05, 3.63) is 22.8 Å². The summed E-state index contributed by atoms with van der Waals surface area (Å²) in [4.78, 5) is 29.7. The van der Waals surface area contributed by atoms with E-state index in [1.807, 2.05) is 13.0 Å². The SMILES string of the molecule is CC[C@H](C(=O)Nc1ncccc1Br)N1CCCC1=O. The molecule has 0 bridgehead atoms. The normalized spacial score (nSPS) is 16.5. The van der Waals surface area contributed by atoms with E-state index < -0.39 is 6.04 Å². The molecule has 0 unspecified atom stereocenters. The quantitative estimate of drug-likeness (QED) is 0.922. The van der Waals surface area contributed by atoms with Crippen molar-refractivity contribution < 1.29 is 9.59 Å². The molecule has 1 aromatic rings. The summed E-state index contributed by atoms with van der Waals surface area (Å²) in [6.07, 6.45) is 3.58. The standard InChI is InChI=1S/C13H16BrN3O2/c1-2-10(17-8-4-6-11(17)18)13(19)16-12-9(14)5-3-7-15-12/h3,5,7,10H,2,4,6,8H2,1H3,(H,15,16,19)/t10-/m1/s1. The monoisotopic (exact) mass is 325 g/mol. The number of likely N-dealkylation sites (tertiary alicyclic amines) is 1. The Hall–Kier alpha value is -1.43. The summed E-state index contributed by atoms with van der Waals surface area (Å²) in [5.74, 6) is 0.358. The number of anilines is 1. The van der Waals surface area contributed by atoms with Crippen LogP contribution in [0.3, 0.4) is 0 Å². The van der Waals surface area contributed by atoms with Gasteiger partial charge in [-0.2, -0.15) is 0 Å². The fraction of sp³-hybridized carbons (Fsp3) is 0.462. The van der Waals surface area contributed by atoms with E-state index in [-0.39, 0.29) is 11.8 Å². The van der Waals surface area contributed by atoms with Crippen LogP contribution in [0, 0.1) is 0 Å². The van der Waals surface area contributed by atoms with Crippen LogP contribution in [0.1, 0.15) is 26.2 Å². The average Bonchev–Trinajstić information content (AvgIpc) is 2.80. The number of aromatic nitrogens is 1. The van der Waals surface area contributed by atoms with Crippen LogP contribution in [0.5, 0.6) is 0 Å². The fourth-order valence-corrected chi connectivity index (χ4v) is 2.58. The van der Waals surface area contributed by atoms with E-state index in [1.54, 1.807) is 17.2 Å². The molecule has 1 atom stereocenters. The number of hydrogen-bond donors (Lipinski definition) is 1. The Morgan fingerprint density at radius 1 is 1.63 bits per heavy atom. The first kappa shape index (κ1) is 14.0. The van der Waals surface area contributed by atoms with Crippen molar-refractivity contribution in [2.75, 3.05) is 11.9 Å². The van der Waals surface area contributed by atoms with E-state index in [4.69, 9.17) is 0 Å². The number of pyridine rings is 1. The molecule has 0 saturated carbocycles. The van der Waals surface area contributed by atoms with E-state index in [0.29, 0.717) is 25.2 Å². The zero-order valence-electron chi connectivity index (χ0n) is 10.7. The Balaban J connectivity index is 2.09. The van der Waals surface area contributed by atoms with Crippen molar-refractivity contribution in [2.24, 2.45) is 0 Å². The second-order valence-electron chi connectivity index (χ2n) is 4.44. The highest BCUT2D eigenvalue weighted by Gasteiger charge is 2.31. The molecule has 1 saturated heterocycles. The highest BCUT2D eigenvalue weighted by Crippen LogP contribution is 2.21. The third-order valence-corrected chi connectivity index (χ3v) is 3.82. The number of rotatable bonds is 4. The molecule has 5 nitrogen and oxygen atoms in total. The molecule has 2 amide bonds. The topological polar surface area (TPSA) is 62.3 Å².